The summed E-state index contributed by atoms with van der Waals surface area (Å²) in [6.45, 7) is 4.01. The highest BCUT2D eigenvalue weighted by atomic mass is 16.5. The summed E-state index contributed by atoms with van der Waals surface area (Å²) in [4.78, 5) is 2.18. The average molecular weight is 196 g/mol. The molecule has 0 saturated carbocycles. The molecule has 2 fully saturated rings. The van der Waals surface area contributed by atoms with Crippen molar-refractivity contribution in [3.63, 3.8) is 0 Å². The van der Waals surface area contributed by atoms with Gasteiger partial charge in [0.25, 0.3) is 0 Å². The highest BCUT2D eigenvalue weighted by Crippen LogP contribution is 2.19. The van der Waals surface area contributed by atoms with E-state index in [4.69, 9.17) is 14.7 Å². The van der Waals surface area contributed by atoms with E-state index in [2.05, 4.69) is 11.0 Å². The SMILES string of the molecule is N#CC(C1CCCO1)N1CCOCC1. The Morgan fingerprint density at radius 2 is 2.07 bits per heavy atom. The number of nitrogens with zero attached hydrogens (tertiary/aromatic N) is 2. The number of morpholine rings is 1. The van der Waals surface area contributed by atoms with Gasteiger partial charge in [0.2, 0.25) is 0 Å². The van der Waals surface area contributed by atoms with Crippen LogP contribution >= 0.6 is 0 Å². The molecular formula is C10H16N2O2. The van der Waals surface area contributed by atoms with Crippen LogP contribution in [0.2, 0.25) is 0 Å². The van der Waals surface area contributed by atoms with Crippen molar-refractivity contribution in [2.45, 2.75) is 25.0 Å². The van der Waals surface area contributed by atoms with Crippen molar-refractivity contribution >= 4 is 0 Å². The molecule has 0 aliphatic carbocycles. The molecule has 2 aliphatic rings. The van der Waals surface area contributed by atoms with Crippen LogP contribution in [0.4, 0.5) is 0 Å². The molecule has 78 valence electrons. The molecule has 0 aromatic rings. The maximum Gasteiger partial charge on any atom is 0.124 e. The van der Waals surface area contributed by atoms with Crippen LogP contribution in [0.3, 0.4) is 0 Å². The summed E-state index contributed by atoms with van der Waals surface area (Å²) in [5.74, 6) is 0. The van der Waals surface area contributed by atoms with Gasteiger partial charge in [0.15, 0.2) is 0 Å². The molecule has 0 aromatic carbocycles. The first-order valence-electron chi connectivity index (χ1n) is 5.25. The second kappa shape index (κ2) is 4.74. The van der Waals surface area contributed by atoms with Crippen LogP contribution < -0.4 is 0 Å². The first-order valence-corrected chi connectivity index (χ1v) is 5.25. The Morgan fingerprint density at radius 3 is 2.64 bits per heavy atom. The summed E-state index contributed by atoms with van der Waals surface area (Å²) in [5.41, 5.74) is 0. The first kappa shape index (κ1) is 9.91. The van der Waals surface area contributed by atoms with E-state index in [1.54, 1.807) is 0 Å². The molecule has 14 heavy (non-hydrogen) atoms. The molecule has 0 amide bonds. The molecular weight excluding hydrogens is 180 g/mol. The molecule has 0 bridgehead atoms. The summed E-state index contributed by atoms with van der Waals surface area (Å²) in [6.07, 6.45) is 2.24. The lowest BCUT2D eigenvalue weighted by molar-refractivity contribution is -0.0129. The maximum atomic E-state index is 9.13. The van der Waals surface area contributed by atoms with E-state index in [1.807, 2.05) is 0 Å². The van der Waals surface area contributed by atoms with Gasteiger partial charge in [-0.3, -0.25) is 4.90 Å². The van der Waals surface area contributed by atoms with Gasteiger partial charge in [0.05, 0.1) is 25.4 Å². The van der Waals surface area contributed by atoms with Crippen molar-refractivity contribution in [2.75, 3.05) is 32.9 Å². The van der Waals surface area contributed by atoms with Crippen molar-refractivity contribution in [2.24, 2.45) is 0 Å². The van der Waals surface area contributed by atoms with Crippen molar-refractivity contribution in [3.8, 4) is 6.07 Å². The molecule has 2 unspecified atom stereocenters. The molecule has 0 spiro atoms. The zero-order valence-electron chi connectivity index (χ0n) is 8.32. The lowest BCUT2D eigenvalue weighted by Gasteiger charge is -2.33. The predicted molar refractivity (Wildman–Crippen MR) is 50.8 cm³/mol. The van der Waals surface area contributed by atoms with Gasteiger partial charge in [-0.1, -0.05) is 0 Å². The second-order valence-corrected chi connectivity index (χ2v) is 3.77. The Kier molecular flexibility index (Phi) is 3.35. The Hall–Kier alpha value is -0.630. The summed E-state index contributed by atoms with van der Waals surface area (Å²) in [7, 11) is 0. The summed E-state index contributed by atoms with van der Waals surface area (Å²) in [5, 5.41) is 9.13. The summed E-state index contributed by atoms with van der Waals surface area (Å²) < 4.78 is 10.8. The van der Waals surface area contributed by atoms with E-state index in [-0.39, 0.29) is 12.1 Å². The molecule has 2 atom stereocenters. The van der Waals surface area contributed by atoms with Gasteiger partial charge < -0.3 is 9.47 Å². The molecule has 2 heterocycles. The third kappa shape index (κ3) is 2.06. The number of hydrogen-bond acceptors (Lipinski definition) is 4. The van der Waals surface area contributed by atoms with Gasteiger partial charge in [-0.25, -0.2) is 0 Å². The van der Waals surface area contributed by atoms with Crippen LogP contribution in [-0.4, -0.2) is 50.0 Å². The monoisotopic (exact) mass is 196 g/mol. The zero-order chi connectivity index (χ0) is 9.80. The van der Waals surface area contributed by atoms with E-state index in [1.165, 1.54) is 0 Å². The maximum absolute atomic E-state index is 9.13. The van der Waals surface area contributed by atoms with Gasteiger partial charge in [-0.05, 0) is 12.8 Å². The predicted octanol–water partition coefficient (Wildman–Crippen LogP) is 0.390. The van der Waals surface area contributed by atoms with Crippen molar-refractivity contribution in [1.82, 2.24) is 4.90 Å². The Balaban J connectivity index is 1.93. The fourth-order valence-corrected chi connectivity index (χ4v) is 2.11. The molecule has 2 rings (SSSR count). The Labute approximate surface area is 84.4 Å². The number of rotatable bonds is 2. The van der Waals surface area contributed by atoms with Crippen molar-refractivity contribution in [3.05, 3.63) is 0 Å². The van der Waals surface area contributed by atoms with E-state index < -0.39 is 0 Å². The standard InChI is InChI=1S/C10H16N2O2/c11-8-9(10-2-1-5-14-10)12-3-6-13-7-4-12/h9-10H,1-7H2. The Bertz CT molecular complexity index is 215. The van der Waals surface area contributed by atoms with Crippen LogP contribution in [0.15, 0.2) is 0 Å². The van der Waals surface area contributed by atoms with Gasteiger partial charge in [0.1, 0.15) is 6.04 Å². The van der Waals surface area contributed by atoms with E-state index >= 15 is 0 Å². The molecule has 0 N–H and O–H groups in total. The fourth-order valence-electron chi connectivity index (χ4n) is 2.11. The normalized spacial score (nSPS) is 31.2. The number of ether oxygens (including phenoxy) is 2. The van der Waals surface area contributed by atoms with Crippen LogP contribution in [0.1, 0.15) is 12.8 Å². The minimum absolute atomic E-state index is 0.0681. The lowest BCUT2D eigenvalue weighted by atomic mass is 10.1. The van der Waals surface area contributed by atoms with Crippen LogP contribution in [0.25, 0.3) is 0 Å². The van der Waals surface area contributed by atoms with E-state index in [0.29, 0.717) is 0 Å². The quantitative estimate of drug-likeness (QED) is 0.641. The summed E-state index contributed by atoms with van der Waals surface area (Å²) in [6, 6.07) is 2.29. The van der Waals surface area contributed by atoms with Crippen molar-refractivity contribution < 1.29 is 9.47 Å². The van der Waals surface area contributed by atoms with Gasteiger partial charge in [-0.2, -0.15) is 5.26 Å². The molecule has 2 aliphatic heterocycles. The number of nitriles is 1. The minimum Gasteiger partial charge on any atom is -0.379 e. The molecule has 0 radical (unpaired) electrons. The Morgan fingerprint density at radius 1 is 1.29 bits per heavy atom. The first-order chi connectivity index (χ1) is 6.92. The van der Waals surface area contributed by atoms with E-state index in [0.717, 1.165) is 45.8 Å². The fraction of sp³-hybridized carbons (Fsp3) is 0.900. The average Bonchev–Trinajstić information content (AvgIpc) is 2.74. The molecule has 2 saturated heterocycles. The largest absolute Gasteiger partial charge is 0.379 e. The lowest BCUT2D eigenvalue weighted by Crippen LogP contribution is -2.48. The van der Waals surface area contributed by atoms with Gasteiger partial charge in [-0.15, -0.1) is 0 Å². The minimum atomic E-state index is -0.0681. The van der Waals surface area contributed by atoms with Crippen molar-refractivity contribution in [1.29, 1.82) is 5.26 Å². The third-order valence-electron chi connectivity index (χ3n) is 2.89. The molecule has 4 nitrogen and oxygen atoms in total. The highest BCUT2D eigenvalue weighted by molar-refractivity contribution is 4.99. The topological polar surface area (TPSA) is 45.5 Å². The van der Waals surface area contributed by atoms with E-state index in [9.17, 15) is 0 Å². The highest BCUT2D eigenvalue weighted by Gasteiger charge is 2.31. The van der Waals surface area contributed by atoms with Crippen LogP contribution in [0.5, 0.6) is 0 Å². The van der Waals surface area contributed by atoms with Gasteiger partial charge in [0, 0.05) is 19.7 Å². The van der Waals surface area contributed by atoms with Crippen LogP contribution in [-0.2, 0) is 9.47 Å². The van der Waals surface area contributed by atoms with Crippen LogP contribution in [0, 0.1) is 11.3 Å². The van der Waals surface area contributed by atoms with Gasteiger partial charge >= 0.3 is 0 Å². The second-order valence-electron chi connectivity index (χ2n) is 3.77. The molecule has 4 heteroatoms. The third-order valence-corrected chi connectivity index (χ3v) is 2.89. The number of hydrogen-bond donors (Lipinski definition) is 0. The molecule has 0 aromatic heterocycles. The smallest absolute Gasteiger partial charge is 0.124 e. The zero-order valence-corrected chi connectivity index (χ0v) is 8.32. The summed E-state index contributed by atoms with van der Waals surface area (Å²) >= 11 is 0.